The first kappa shape index (κ1) is 20.6. The number of carbonyl (C=O) groups is 3. The van der Waals surface area contributed by atoms with Gasteiger partial charge in [-0.25, -0.2) is 4.98 Å². The third kappa shape index (κ3) is 3.13. The first-order valence-corrected chi connectivity index (χ1v) is 11.7. The predicted octanol–water partition coefficient (Wildman–Crippen LogP) is 0.428. The summed E-state index contributed by atoms with van der Waals surface area (Å²) in [5.41, 5.74) is 5.25. The Balaban J connectivity index is 1.25. The molecule has 2 unspecified atom stereocenters. The van der Waals surface area contributed by atoms with Gasteiger partial charge in [0.2, 0.25) is 11.8 Å². The van der Waals surface area contributed by atoms with Crippen molar-refractivity contribution in [2.75, 3.05) is 19.6 Å². The van der Waals surface area contributed by atoms with E-state index in [2.05, 4.69) is 38.2 Å². The van der Waals surface area contributed by atoms with E-state index in [0.717, 1.165) is 44.6 Å². The Morgan fingerprint density at radius 3 is 2.88 bits per heavy atom. The van der Waals surface area contributed by atoms with Crippen LogP contribution in [0.2, 0.25) is 0 Å². The molecule has 2 N–H and O–H groups in total. The maximum atomic E-state index is 13.0. The Bertz CT molecular complexity index is 1160. The fourth-order valence-electron chi connectivity index (χ4n) is 6.19. The Kier molecular flexibility index (Phi) is 4.67. The first-order chi connectivity index (χ1) is 16.0. The molecule has 0 saturated carbocycles. The molecular weight excluding hydrogens is 420 g/mol. The summed E-state index contributed by atoms with van der Waals surface area (Å²) in [4.78, 5) is 45.7. The van der Waals surface area contributed by atoms with Gasteiger partial charge in [0, 0.05) is 51.6 Å². The smallest absolute Gasteiger partial charge is 0.255 e. The van der Waals surface area contributed by atoms with Crippen LogP contribution in [0.3, 0.4) is 0 Å². The molecule has 2 aromatic rings. The van der Waals surface area contributed by atoms with E-state index in [0.29, 0.717) is 18.5 Å². The number of amides is 3. The maximum Gasteiger partial charge on any atom is 0.255 e. The Hall–Kier alpha value is -3.04. The molecule has 5 heterocycles. The minimum atomic E-state index is -0.579. The van der Waals surface area contributed by atoms with Gasteiger partial charge in [-0.1, -0.05) is 12.1 Å². The van der Waals surface area contributed by atoms with E-state index >= 15 is 0 Å². The molecule has 2 fully saturated rings. The van der Waals surface area contributed by atoms with Crippen LogP contribution in [-0.2, 0) is 41.7 Å². The minimum absolute atomic E-state index is 0.0631. The number of imide groups is 1. The van der Waals surface area contributed by atoms with Crippen molar-refractivity contribution < 1.29 is 14.4 Å². The summed E-state index contributed by atoms with van der Waals surface area (Å²) in [5.74, 6) is -0.764. The molecule has 2 saturated heterocycles. The van der Waals surface area contributed by atoms with Crippen molar-refractivity contribution in [2.24, 2.45) is 7.05 Å². The van der Waals surface area contributed by atoms with Gasteiger partial charge in [0.05, 0.1) is 23.3 Å². The zero-order chi connectivity index (χ0) is 22.7. The van der Waals surface area contributed by atoms with E-state index in [-0.39, 0.29) is 29.7 Å². The van der Waals surface area contributed by atoms with E-state index in [1.165, 1.54) is 17.0 Å². The van der Waals surface area contributed by atoms with Crippen LogP contribution in [-0.4, -0.2) is 62.7 Å². The lowest BCUT2D eigenvalue weighted by molar-refractivity contribution is -0.136. The SMILES string of the molecule is Cn1cnc2c1C1(CCNC1)N(Cc1ccc3c(c1)CN(C1CCC(=O)NC1=O)C3=O)CC2. The molecule has 4 aliphatic rings. The Morgan fingerprint density at radius 1 is 1.21 bits per heavy atom. The molecule has 1 aromatic heterocycles. The number of rotatable bonds is 3. The summed E-state index contributed by atoms with van der Waals surface area (Å²) in [6.45, 7) is 4.05. The van der Waals surface area contributed by atoms with Crippen molar-refractivity contribution in [3.63, 3.8) is 0 Å². The van der Waals surface area contributed by atoms with Crippen molar-refractivity contribution in [1.29, 1.82) is 0 Å². The summed E-state index contributed by atoms with van der Waals surface area (Å²) in [6.07, 6.45) is 4.56. The second-order valence-electron chi connectivity index (χ2n) is 9.67. The van der Waals surface area contributed by atoms with Crippen LogP contribution >= 0.6 is 0 Å². The third-order valence-electron chi connectivity index (χ3n) is 7.77. The summed E-state index contributed by atoms with van der Waals surface area (Å²) >= 11 is 0. The molecule has 33 heavy (non-hydrogen) atoms. The number of fused-ring (bicyclic) bond motifs is 3. The van der Waals surface area contributed by atoms with Crippen LogP contribution < -0.4 is 10.6 Å². The molecule has 0 aliphatic carbocycles. The van der Waals surface area contributed by atoms with E-state index < -0.39 is 6.04 Å². The normalized spacial score (nSPS) is 27.2. The molecule has 0 bridgehead atoms. The number of carbonyl (C=O) groups excluding carboxylic acids is 3. The molecule has 1 spiro atoms. The number of hydrogen-bond donors (Lipinski definition) is 2. The number of nitrogens with one attached hydrogen (secondary N) is 2. The average molecular weight is 449 g/mol. The predicted molar refractivity (Wildman–Crippen MR) is 119 cm³/mol. The number of aryl methyl sites for hydroxylation is 1. The molecule has 172 valence electrons. The van der Waals surface area contributed by atoms with E-state index in [1.54, 1.807) is 4.90 Å². The van der Waals surface area contributed by atoms with E-state index in [4.69, 9.17) is 0 Å². The lowest BCUT2D eigenvalue weighted by atomic mass is 9.85. The number of nitrogens with zero attached hydrogens (tertiary/aromatic N) is 4. The number of piperidine rings is 1. The van der Waals surface area contributed by atoms with Crippen LogP contribution in [0, 0.1) is 0 Å². The van der Waals surface area contributed by atoms with Gasteiger partial charge in [-0.3, -0.25) is 24.6 Å². The highest BCUT2D eigenvalue weighted by Gasteiger charge is 2.47. The van der Waals surface area contributed by atoms with Crippen LogP contribution in [0.4, 0.5) is 0 Å². The Labute approximate surface area is 192 Å². The largest absolute Gasteiger partial charge is 0.336 e. The van der Waals surface area contributed by atoms with Crippen LogP contribution in [0.1, 0.15) is 52.1 Å². The highest BCUT2D eigenvalue weighted by atomic mass is 16.2. The topological polar surface area (TPSA) is 99.6 Å². The van der Waals surface area contributed by atoms with E-state index in [9.17, 15) is 14.4 Å². The summed E-state index contributed by atoms with van der Waals surface area (Å²) in [6, 6.07) is 5.48. The maximum absolute atomic E-state index is 13.0. The summed E-state index contributed by atoms with van der Waals surface area (Å²) in [7, 11) is 2.08. The zero-order valence-corrected chi connectivity index (χ0v) is 18.8. The van der Waals surface area contributed by atoms with Gasteiger partial charge in [-0.15, -0.1) is 0 Å². The molecule has 2 atom stereocenters. The fourth-order valence-corrected chi connectivity index (χ4v) is 6.19. The lowest BCUT2D eigenvalue weighted by Crippen LogP contribution is -2.52. The van der Waals surface area contributed by atoms with Gasteiger partial charge in [0.25, 0.3) is 5.91 Å². The van der Waals surface area contributed by atoms with Crippen molar-refractivity contribution >= 4 is 17.7 Å². The molecule has 9 nitrogen and oxygen atoms in total. The van der Waals surface area contributed by atoms with Crippen molar-refractivity contribution in [1.82, 2.24) is 30.0 Å². The highest BCUT2D eigenvalue weighted by molar-refractivity contribution is 6.05. The molecule has 6 rings (SSSR count). The molecule has 0 radical (unpaired) electrons. The van der Waals surface area contributed by atoms with Gasteiger partial charge in [-0.05, 0) is 36.6 Å². The third-order valence-corrected chi connectivity index (χ3v) is 7.77. The second kappa shape index (κ2) is 7.50. The monoisotopic (exact) mass is 448 g/mol. The highest BCUT2D eigenvalue weighted by Crippen LogP contribution is 2.40. The number of imidazole rings is 1. The van der Waals surface area contributed by atoms with Gasteiger partial charge in [0.1, 0.15) is 6.04 Å². The standard InChI is InChI=1S/C24H28N6O3/c1-28-14-26-18-6-9-29(24(21(18)28)7-8-25-13-24)11-15-2-3-17-16(10-15)12-30(23(17)33)19-4-5-20(31)27-22(19)32/h2-3,10,14,19,25H,4-9,11-13H2,1H3,(H,27,31,32). The Morgan fingerprint density at radius 2 is 2.09 bits per heavy atom. The lowest BCUT2D eigenvalue weighted by Gasteiger charge is -2.44. The van der Waals surface area contributed by atoms with Crippen LogP contribution in [0.15, 0.2) is 24.5 Å². The van der Waals surface area contributed by atoms with Crippen LogP contribution in [0.25, 0.3) is 0 Å². The molecule has 1 aromatic carbocycles. The van der Waals surface area contributed by atoms with Gasteiger partial charge < -0.3 is 14.8 Å². The summed E-state index contributed by atoms with van der Waals surface area (Å²) in [5, 5.41) is 5.92. The number of hydrogen-bond acceptors (Lipinski definition) is 6. The molecule has 9 heteroatoms. The van der Waals surface area contributed by atoms with Gasteiger partial charge in [0.15, 0.2) is 0 Å². The number of aromatic nitrogens is 2. The van der Waals surface area contributed by atoms with Crippen molar-refractivity contribution in [3.8, 4) is 0 Å². The second-order valence-corrected chi connectivity index (χ2v) is 9.67. The quantitative estimate of drug-likeness (QED) is 0.661. The zero-order valence-electron chi connectivity index (χ0n) is 18.8. The van der Waals surface area contributed by atoms with Crippen molar-refractivity contribution in [3.05, 3.63) is 52.6 Å². The molecule has 4 aliphatic heterocycles. The van der Waals surface area contributed by atoms with Gasteiger partial charge >= 0.3 is 0 Å². The molecular formula is C24H28N6O3. The first-order valence-electron chi connectivity index (χ1n) is 11.7. The van der Waals surface area contributed by atoms with Crippen LogP contribution in [0.5, 0.6) is 0 Å². The minimum Gasteiger partial charge on any atom is -0.336 e. The van der Waals surface area contributed by atoms with E-state index in [1.807, 2.05) is 18.5 Å². The number of benzene rings is 1. The van der Waals surface area contributed by atoms with Gasteiger partial charge in [-0.2, -0.15) is 0 Å². The average Bonchev–Trinajstić information content (AvgIpc) is 3.50. The molecule has 3 amide bonds. The summed E-state index contributed by atoms with van der Waals surface area (Å²) < 4.78 is 2.17. The van der Waals surface area contributed by atoms with Crippen molar-refractivity contribution in [2.45, 2.75) is 50.4 Å². The fraction of sp³-hybridized carbons (Fsp3) is 0.500.